The number of hydrogen-bond donors (Lipinski definition) is 1. The summed E-state index contributed by atoms with van der Waals surface area (Å²) in [6, 6.07) is 5.73. The Hall–Kier alpha value is -1.91. The lowest BCUT2D eigenvalue weighted by molar-refractivity contribution is -0.152. The molecule has 0 aliphatic rings. The first-order chi connectivity index (χ1) is 9.72. The lowest BCUT2D eigenvalue weighted by Gasteiger charge is -2.32. The second-order valence-electron chi connectivity index (χ2n) is 5.61. The maximum atomic E-state index is 12.9. The van der Waals surface area contributed by atoms with Crippen LogP contribution in [0.25, 0.3) is 0 Å². The highest BCUT2D eigenvalue weighted by Crippen LogP contribution is 2.22. The van der Waals surface area contributed by atoms with Crippen molar-refractivity contribution in [3.8, 4) is 0 Å². The molecular formula is C16H22FNO3. The Labute approximate surface area is 124 Å². The van der Waals surface area contributed by atoms with Gasteiger partial charge in [0, 0.05) is 0 Å². The summed E-state index contributed by atoms with van der Waals surface area (Å²) in [5, 5.41) is 2.75. The summed E-state index contributed by atoms with van der Waals surface area (Å²) in [5.41, 5.74) is -0.412. The molecule has 4 nitrogen and oxygen atoms in total. The molecule has 0 saturated carbocycles. The van der Waals surface area contributed by atoms with E-state index in [0.29, 0.717) is 5.56 Å². The molecule has 0 bridgehead atoms. The van der Waals surface area contributed by atoms with Crippen molar-refractivity contribution in [1.29, 1.82) is 0 Å². The molecule has 2 unspecified atom stereocenters. The van der Waals surface area contributed by atoms with E-state index < -0.39 is 17.4 Å². The van der Waals surface area contributed by atoms with Crippen LogP contribution < -0.4 is 5.32 Å². The van der Waals surface area contributed by atoms with Gasteiger partial charge in [-0.05, 0) is 37.5 Å². The molecule has 2 atom stereocenters. The third-order valence-corrected chi connectivity index (χ3v) is 3.91. The number of rotatable bonds is 5. The van der Waals surface area contributed by atoms with Gasteiger partial charge in [-0.25, -0.2) is 9.18 Å². The summed E-state index contributed by atoms with van der Waals surface area (Å²) in [5.74, 6) is -1.77. The molecular weight excluding hydrogens is 273 g/mol. The monoisotopic (exact) mass is 295 g/mol. The number of ether oxygens (including phenoxy) is 1. The molecule has 1 N–H and O–H groups in total. The van der Waals surface area contributed by atoms with Gasteiger partial charge in [0.1, 0.15) is 11.4 Å². The first kappa shape index (κ1) is 17.1. The second-order valence-corrected chi connectivity index (χ2v) is 5.61. The molecule has 0 heterocycles. The van der Waals surface area contributed by atoms with Crippen molar-refractivity contribution in [2.24, 2.45) is 5.92 Å². The van der Waals surface area contributed by atoms with Gasteiger partial charge in [-0.1, -0.05) is 26.0 Å². The van der Waals surface area contributed by atoms with Gasteiger partial charge in [0.15, 0.2) is 0 Å². The fourth-order valence-corrected chi connectivity index (χ4v) is 1.91. The zero-order valence-corrected chi connectivity index (χ0v) is 13.1. The SMILES string of the molecule is COC(=O)C(C)(NC(=O)C(C)c1ccc(F)cc1)C(C)C. The van der Waals surface area contributed by atoms with E-state index in [4.69, 9.17) is 4.74 Å². The lowest BCUT2D eigenvalue weighted by atomic mass is 9.87. The Morgan fingerprint density at radius 1 is 1.19 bits per heavy atom. The van der Waals surface area contributed by atoms with Crippen molar-refractivity contribution in [3.63, 3.8) is 0 Å². The number of carbonyl (C=O) groups is 2. The number of nitrogens with one attached hydrogen (secondary N) is 1. The molecule has 1 aromatic rings. The van der Waals surface area contributed by atoms with Crippen LogP contribution in [0.5, 0.6) is 0 Å². The summed E-state index contributed by atoms with van der Waals surface area (Å²) < 4.78 is 17.7. The predicted molar refractivity (Wildman–Crippen MR) is 78.2 cm³/mol. The number of halogens is 1. The molecule has 5 heteroatoms. The summed E-state index contributed by atoms with van der Waals surface area (Å²) in [7, 11) is 1.29. The smallest absolute Gasteiger partial charge is 0.331 e. The molecule has 1 rings (SSSR count). The van der Waals surface area contributed by atoms with Crippen LogP contribution in [-0.4, -0.2) is 24.5 Å². The van der Waals surface area contributed by atoms with Gasteiger partial charge in [0.25, 0.3) is 0 Å². The molecule has 1 aromatic carbocycles. The fourth-order valence-electron chi connectivity index (χ4n) is 1.91. The molecule has 0 saturated heterocycles. The molecule has 0 aliphatic carbocycles. The minimum atomic E-state index is -1.10. The zero-order chi connectivity index (χ0) is 16.2. The average Bonchev–Trinajstić information content (AvgIpc) is 2.45. The molecule has 0 aromatic heterocycles. The van der Waals surface area contributed by atoms with Crippen LogP contribution >= 0.6 is 0 Å². The van der Waals surface area contributed by atoms with Gasteiger partial charge in [-0.3, -0.25) is 4.79 Å². The van der Waals surface area contributed by atoms with E-state index in [1.807, 2.05) is 13.8 Å². The fraction of sp³-hybridized carbons (Fsp3) is 0.500. The van der Waals surface area contributed by atoms with E-state index in [1.54, 1.807) is 26.0 Å². The zero-order valence-electron chi connectivity index (χ0n) is 13.1. The van der Waals surface area contributed by atoms with Gasteiger partial charge in [0.05, 0.1) is 13.0 Å². The predicted octanol–water partition coefficient (Wildman–Crippen LogP) is 2.63. The summed E-state index contributed by atoms with van der Waals surface area (Å²) in [6.07, 6.45) is 0. The minimum absolute atomic E-state index is 0.130. The van der Waals surface area contributed by atoms with E-state index in [9.17, 15) is 14.0 Å². The minimum Gasteiger partial charge on any atom is -0.467 e. The summed E-state index contributed by atoms with van der Waals surface area (Å²) >= 11 is 0. The maximum absolute atomic E-state index is 12.9. The van der Waals surface area contributed by atoms with Crippen LogP contribution in [0.3, 0.4) is 0 Å². The lowest BCUT2D eigenvalue weighted by Crippen LogP contribution is -2.57. The molecule has 0 aliphatic heterocycles. The van der Waals surface area contributed by atoms with Crippen LogP contribution in [0.4, 0.5) is 4.39 Å². The van der Waals surface area contributed by atoms with Gasteiger partial charge < -0.3 is 10.1 Å². The summed E-state index contributed by atoms with van der Waals surface area (Å²) in [4.78, 5) is 24.3. The first-order valence-electron chi connectivity index (χ1n) is 6.88. The van der Waals surface area contributed by atoms with Crippen LogP contribution in [0.2, 0.25) is 0 Å². The van der Waals surface area contributed by atoms with Crippen molar-refractivity contribution >= 4 is 11.9 Å². The first-order valence-corrected chi connectivity index (χ1v) is 6.88. The van der Waals surface area contributed by atoms with Crippen LogP contribution in [0.1, 0.15) is 39.2 Å². The number of methoxy groups -OCH3 is 1. The van der Waals surface area contributed by atoms with Gasteiger partial charge in [-0.2, -0.15) is 0 Å². The standard InChI is InChI=1S/C16H22FNO3/c1-10(2)16(4,15(20)21-5)18-14(19)11(3)12-6-8-13(17)9-7-12/h6-11H,1-5H3,(H,18,19). The third-order valence-electron chi connectivity index (χ3n) is 3.91. The van der Waals surface area contributed by atoms with Crippen molar-refractivity contribution in [1.82, 2.24) is 5.32 Å². The maximum Gasteiger partial charge on any atom is 0.331 e. The highest BCUT2D eigenvalue weighted by molar-refractivity contribution is 5.90. The number of amides is 1. The Morgan fingerprint density at radius 3 is 2.14 bits per heavy atom. The average molecular weight is 295 g/mol. The quantitative estimate of drug-likeness (QED) is 0.850. The Balaban J connectivity index is 2.92. The van der Waals surface area contributed by atoms with E-state index in [-0.39, 0.29) is 17.6 Å². The van der Waals surface area contributed by atoms with E-state index in [0.717, 1.165) is 0 Å². The molecule has 1 amide bonds. The van der Waals surface area contributed by atoms with Crippen molar-refractivity contribution in [2.75, 3.05) is 7.11 Å². The third kappa shape index (κ3) is 3.80. The van der Waals surface area contributed by atoms with Crippen molar-refractivity contribution in [2.45, 2.75) is 39.2 Å². The van der Waals surface area contributed by atoms with Gasteiger partial charge in [-0.15, -0.1) is 0 Å². The number of benzene rings is 1. The normalized spacial score (nSPS) is 15.2. The van der Waals surface area contributed by atoms with E-state index >= 15 is 0 Å². The molecule has 0 radical (unpaired) electrons. The van der Waals surface area contributed by atoms with Crippen molar-refractivity contribution < 1.29 is 18.7 Å². The highest BCUT2D eigenvalue weighted by Gasteiger charge is 2.40. The molecule has 116 valence electrons. The van der Waals surface area contributed by atoms with Gasteiger partial charge >= 0.3 is 5.97 Å². The Kier molecular flexibility index (Phi) is 5.47. The van der Waals surface area contributed by atoms with Crippen molar-refractivity contribution in [3.05, 3.63) is 35.6 Å². The van der Waals surface area contributed by atoms with Crippen LogP contribution in [0, 0.1) is 11.7 Å². The summed E-state index contributed by atoms with van der Waals surface area (Å²) in [6.45, 7) is 7.01. The molecule has 21 heavy (non-hydrogen) atoms. The van der Waals surface area contributed by atoms with E-state index in [2.05, 4.69) is 5.32 Å². The van der Waals surface area contributed by atoms with Crippen LogP contribution in [-0.2, 0) is 14.3 Å². The topological polar surface area (TPSA) is 55.4 Å². The number of esters is 1. The largest absolute Gasteiger partial charge is 0.467 e. The second kappa shape index (κ2) is 6.70. The molecule has 0 fully saturated rings. The number of hydrogen-bond acceptors (Lipinski definition) is 3. The van der Waals surface area contributed by atoms with Gasteiger partial charge in [0.2, 0.25) is 5.91 Å². The number of carbonyl (C=O) groups excluding carboxylic acids is 2. The van der Waals surface area contributed by atoms with Crippen LogP contribution in [0.15, 0.2) is 24.3 Å². The van der Waals surface area contributed by atoms with E-state index in [1.165, 1.54) is 19.2 Å². The Morgan fingerprint density at radius 2 is 1.71 bits per heavy atom. The molecule has 0 spiro atoms. The Bertz CT molecular complexity index is 513. The highest BCUT2D eigenvalue weighted by atomic mass is 19.1.